The highest BCUT2D eigenvalue weighted by molar-refractivity contribution is 8.00. The second-order valence-corrected chi connectivity index (χ2v) is 9.15. The molecule has 0 spiro atoms. The maximum Gasteiger partial charge on any atom is 0.266 e. The van der Waals surface area contributed by atoms with E-state index in [0.29, 0.717) is 31.8 Å². The molecule has 1 fully saturated rings. The molecule has 1 aliphatic rings. The Bertz CT molecular complexity index is 1130. The average Bonchev–Trinajstić information content (AvgIpc) is 3.23. The van der Waals surface area contributed by atoms with Crippen LogP contribution >= 0.6 is 35.0 Å². The minimum absolute atomic E-state index is 0.0654. The van der Waals surface area contributed by atoms with Crippen molar-refractivity contribution in [3.63, 3.8) is 0 Å². The molecule has 150 valence electrons. The molecule has 5 nitrogen and oxygen atoms in total. The van der Waals surface area contributed by atoms with E-state index in [1.54, 1.807) is 42.5 Å². The molecular weight excluding hydrogens is 429 g/mol. The predicted molar refractivity (Wildman–Crippen MR) is 118 cm³/mol. The molecule has 1 atom stereocenters. The van der Waals surface area contributed by atoms with Gasteiger partial charge >= 0.3 is 0 Å². The van der Waals surface area contributed by atoms with Gasteiger partial charge in [-0.1, -0.05) is 35.0 Å². The smallest absolute Gasteiger partial charge is 0.266 e. The number of benzene rings is 2. The predicted octanol–water partition coefficient (Wildman–Crippen LogP) is 4.80. The molecule has 0 saturated carbocycles. The normalized spacial score (nSPS) is 15.1. The van der Waals surface area contributed by atoms with Gasteiger partial charge in [0, 0.05) is 23.1 Å². The maximum absolute atomic E-state index is 13.3. The number of aromatic nitrogens is 2. The summed E-state index contributed by atoms with van der Waals surface area (Å²) < 4.78 is 1.53. The zero-order valence-corrected chi connectivity index (χ0v) is 18.1. The molecule has 4 rings (SSSR count). The molecule has 0 bridgehead atoms. The van der Waals surface area contributed by atoms with Gasteiger partial charge < -0.3 is 4.90 Å². The van der Waals surface area contributed by atoms with E-state index in [-0.39, 0.29) is 16.7 Å². The molecule has 0 radical (unpaired) electrons. The van der Waals surface area contributed by atoms with Gasteiger partial charge in [-0.15, -0.1) is 0 Å². The van der Waals surface area contributed by atoms with Crippen molar-refractivity contribution in [1.82, 2.24) is 14.5 Å². The summed E-state index contributed by atoms with van der Waals surface area (Å²) in [5.74, 6) is 0.0654. The Hall–Kier alpha value is -2.02. The van der Waals surface area contributed by atoms with Crippen LogP contribution in [-0.2, 0) is 4.79 Å². The molecule has 1 unspecified atom stereocenters. The van der Waals surface area contributed by atoms with E-state index in [1.807, 2.05) is 11.8 Å². The first-order valence-corrected chi connectivity index (χ1v) is 11.0. The van der Waals surface area contributed by atoms with Crippen molar-refractivity contribution in [2.45, 2.75) is 30.2 Å². The van der Waals surface area contributed by atoms with E-state index < -0.39 is 0 Å². The minimum Gasteiger partial charge on any atom is -0.342 e. The molecule has 0 N–H and O–H groups in total. The number of halogens is 2. The zero-order valence-electron chi connectivity index (χ0n) is 15.8. The Morgan fingerprint density at radius 2 is 1.72 bits per heavy atom. The van der Waals surface area contributed by atoms with E-state index in [2.05, 4.69) is 4.98 Å². The van der Waals surface area contributed by atoms with Gasteiger partial charge in [-0.25, -0.2) is 4.98 Å². The summed E-state index contributed by atoms with van der Waals surface area (Å²) in [6.07, 6.45) is 2.07. The molecule has 2 heterocycles. The molecular formula is C21H19Cl2N3O2S. The van der Waals surface area contributed by atoms with Crippen molar-refractivity contribution < 1.29 is 4.79 Å². The highest BCUT2D eigenvalue weighted by Gasteiger charge is 2.26. The fraction of sp³-hybridized carbons (Fsp3) is 0.286. The monoisotopic (exact) mass is 447 g/mol. The summed E-state index contributed by atoms with van der Waals surface area (Å²) in [5.41, 5.74) is 0.945. The van der Waals surface area contributed by atoms with Crippen molar-refractivity contribution in [2.75, 3.05) is 13.1 Å². The highest BCUT2D eigenvalue weighted by atomic mass is 35.5. The van der Waals surface area contributed by atoms with E-state index in [0.717, 1.165) is 25.9 Å². The molecule has 29 heavy (non-hydrogen) atoms. The maximum atomic E-state index is 13.3. The largest absolute Gasteiger partial charge is 0.342 e. The van der Waals surface area contributed by atoms with Crippen LogP contribution in [0.1, 0.15) is 19.8 Å². The number of carbonyl (C=O) groups excluding carboxylic acids is 1. The summed E-state index contributed by atoms with van der Waals surface area (Å²) in [6.45, 7) is 3.43. The number of hydrogen-bond acceptors (Lipinski definition) is 4. The zero-order chi connectivity index (χ0) is 20.5. The van der Waals surface area contributed by atoms with Crippen LogP contribution in [0.3, 0.4) is 0 Å². The number of hydrogen-bond donors (Lipinski definition) is 0. The van der Waals surface area contributed by atoms with Crippen LogP contribution in [0.25, 0.3) is 16.6 Å². The van der Waals surface area contributed by atoms with Gasteiger partial charge in [0.2, 0.25) is 5.91 Å². The van der Waals surface area contributed by atoms with Crippen LogP contribution < -0.4 is 5.56 Å². The number of likely N-dealkylation sites (tertiary alicyclic amines) is 1. The first kappa shape index (κ1) is 20.3. The Kier molecular flexibility index (Phi) is 5.86. The lowest BCUT2D eigenvalue weighted by molar-refractivity contribution is -0.129. The van der Waals surface area contributed by atoms with Gasteiger partial charge in [0.05, 0.1) is 21.8 Å². The van der Waals surface area contributed by atoms with Crippen LogP contribution in [-0.4, -0.2) is 38.7 Å². The third kappa shape index (κ3) is 4.15. The molecule has 1 saturated heterocycles. The van der Waals surface area contributed by atoms with Crippen LogP contribution in [0.15, 0.2) is 52.4 Å². The molecule has 1 aliphatic heterocycles. The summed E-state index contributed by atoms with van der Waals surface area (Å²) in [5, 5.41) is 1.63. The lowest BCUT2D eigenvalue weighted by Crippen LogP contribution is -2.34. The lowest BCUT2D eigenvalue weighted by Gasteiger charge is -2.21. The number of thioether (sulfide) groups is 1. The number of rotatable bonds is 4. The van der Waals surface area contributed by atoms with Gasteiger partial charge in [0.25, 0.3) is 5.56 Å². The molecule has 1 aromatic heterocycles. The van der Waals surface area contributed by atoms with E-state index in [1.165, 1.54) is 16.3 Å². The van der Waals surface area contributed by atoms with Gasteiger partial charge in [0.15, 0.2) is 5.16 Å². The molecule has 8 heteroatoms. The standard InChI is InChI=1S/C21H19Cl2N3O2S/c1-13(19(27)25-10-2-3-11-25)29-21-24-18-12-15(23)6-9-17(18)20(28)26(21)16-7-4-14(22)5-8-16/h4-9,12-13H,2-3,10-11H2,1H3. The SMILES string of the molecule is CC(Sc1nc2cc(Cl)ccc2c(=O)n1-c1ccc(Cl)cc1)C(=O)N1CCCC1. The van der Waals surface area contributed by atoms with Crippen LogP contribution in [0, 0.1) is 0 Å². The second-order valence-electron chi connectivity index (χ2n) is 6.97. The Morgan fingerprint density at radius 3 is 2.41 bits per heavy atom. The van der Waals surface area contributed by atoms with E-state index in [4.69, 9.17) is 23.2 Å². The van der Waals surface area contributed by atoms with E-state index in [9.17, 15) is 9.59 Å². The first-order valence-electron chi connectivity index (χ1n) is 9.38. The second kappa shape index (κ2) is 8.38. The number of fused-ring (bicyclic) bond motifs is 1. The van der Waals surface area contributed by atoms with Gasteiger partial charge in [0.1, 0.15) is 0 Å². The first-order chi connectivity index (χ1) is 13.9. The van der Waals surface area contributed by atoms with Crippen molar-refractivity contribution in [3.05, 3.63) is 62.9 Å². The third-order valence-electron chi connectivity index (χ3n) is 4.93. The number of carbonyl (C=O) groups is 1. The van der Waals surface area contributed by atoms with Crippen molar-refractivity contribution in [2.24, 2.45) is 0 Å². The summed E-state index contributed by atoms with van der Waals surface area (Å²) in [7, 11) is 0. The number of nitrogens with zero attached hydrogens (tertiary/aromatic N) is 3. The third-order valence-corrected chi connectivity index (χ3v) is 6.46. The van der Waals surface area contributed by atoms with Crippen LogP contribution in [0.4, 0.5) is 0 Å². The average molecular weight is 448 g/mol. The Morgan fingerprint density at radius 1 is 1.07 bits per heavy atom. The molecule has 1 amide bonds. The summed E-state index contributed by atoms with van der Waals surface area (Å²) in [6, 6.07) is 12.0. The molecule has 3 aromatic rings. The number of amides is 1. The van der Waals surface area contributed by atoms with Gasteiger partial charge in [-0.05, 0) is 62.2 Å². The highest BCUT2D eigenvalue weighted by Crippen LogP contribution is 2.28. The van der Waals surface area contributed by atoms with Gasteiger partial charge in [-0.3, -0.25) is 14.2 Å². The Labute approximate surface area is 182 Å². The van der Waals surface area contributed by atoms with E-state index >= 15 is 0 Å². The lowest BCUT2D eigenvalue weighted by atomic mass is 10.2. The minimum atomic E-state index is -0.366. The van der Waals surface area contributed by atoms with Crippen molar-refractivity contribution >= 4 is 51.8 Å². The fourth-order valence-corrected chi connectivity index (χ4v) is 4.74. The van der Waals surface area contributed by atoms with Crippen LogP contribution in [0.5, 0.6) is 0 Å². The van der Waals surface area contributed by atoms with Crippen LogP contribution in [0.2, 0.25) is 10.0 Å². The summed E-state index contributed by atoms with van der Waals surface area (Å²) in [4.78, 5) is 32.6. The topological polar surface area (TPSA) is 55.2 Å². The summed E-state index contributed by atoms with van der Waals surface area (Å²) >= 11 is 13.4. The Balaban J connectivity index is 1.81. The fourth-order valence-electron chi connectivity index (χ4n) is 3.44. The molecule has 0 aliphatic carbocycles. The quantitative estimate of drug-likeness (QED) is 0.425. The van der Waals surface area contributed by atoms with Crippen molar-refractivity contribution in [1.29, 1.82) is 0 Å². The van der Waals surface area contributed by atoms with Gasteiger partial charge in [-0.2, -0.15) is 0 Å². The van der Waals surface area contributed by atoms with Crippen molar-refractivity contribution in [3.8, 4) is 5.69 Å². The molecule has 2 aromatic carbocycles.